The van der Waals surface area contributed by atoms with Gasteiger partial charge in [-0.25, -0.2) is 0 Å². The SMILES string of the molecule is CCOc1ccc(-c2noc(N3CCC(C(=O)O)CC3)n2)cc1OC. The molecule has 0 bridgehead atoms. The standard InChI is InChI=1S/C17H21N3O5/c1-3-24-13-5-4-12(10-14(13)23-2)15-18-17(25-19-15)20-8-6-11(7-9-20)16(21)22/h4-5,10-11H,3,6-9H2,1-2H3,(H,21,22). The van der Waals surface area contributed by atoms with Crippen molar-refractivity contribution in [3.8, 4) is 22.9 Å². The molecule has 1 aliphatic heterocycles. The highest BCUT2D eigenvalue weighted by Crippen LogP contribution is 2.32. The molecule has 1 aliphatic rings. The molecule has 0 atom stereocenters. The van der Waals surface area contributed by atoms with Crippen molar-refractivity contribution in [1.29, 1.82) is 0 Å². The Labute approximate surface area is 145 Å². The smallest absolute Gasteiger partial charge is 0.324 e. The minimum absolute atomic E-state index is 0.297. The van der Waals surface area contributed by atoms with Crippen LogP contribution in [-0.4, -0.2) is 48.0 Å². The fourth-order valence-corrected chi connectivity index (χ4v) is 2.86. The number of methoxy groups -OCH3 is 1. The maximum Gasteiger partial charge on any atom is 0.324 e. The molecule has 0 unspecified atom stereocenters. The molecule has 8 heteroatoms. The Balaban J connectivity index is 1.74. The van der Waals surface area contributed by atoms with Gasteiger partial charge in [-0.3, -0.25) is 4.79 Å². The summed E-state index contributed by atoms with van der Waals surface area (Å²) in [5.41, 5.74) is 0.760. The summed E-state index contributed by atoms with van der Waals surface area (Å²) in [5, 5.41) is 13.1. The zero-order valence-electron chi connectivity index (χ0n) is 14.3. The van der Waals surface area contributed by atoms with Gasteiger partial charge >= 0.3 is 12.0 Å². The normalized spacial score (nSPS) is 15.2. The maximum atomic E-state index is 11.0. The van der Waals surface area contributed by atoms with Gasteiger partial charge < -0.3 is 24.0 Å². The van der Waals surface area contributed by atoms with Crippen molar-refractivity contribution in [3.05, 3.63) is 18.2 Å². The maximum absolute atomic E-state index is 11.0. The molecule has 0 saturated carbocycles. The van der Waals surface area contributed by atoms with Gasteiger partial charge in [-0.2, -0.15) is 4.98 Å². The third-order valence-corrected chi connectivity index (χ3v) is 4.25. The molecule has 0 aliphatic carbocycles. The Kier molecular flexibility index (Phi) is 5.06. The van der Waals surface area contributed by atoms with Crippen molar-refractivity contribution in [1.82, 2.24) is 10.1 Å². The highest BCUT2D eigenvalue weighted by atomic mass is 16.5. The average molecular weight is 347 g/mol. The Morgan fingerprint density at radius 3 is 2.76 bits per heavy atom. The van der Waals surface area contributed by atoms with E-state index in [-0.39, 0.29) is 5.92 Å². The zero-order chi connectivity index (χ0) is 17.8. The van der Waals surface area contributed by atoms with Crippen molar-refractivity contribution in [2.75, 3.05) is 31.7 Å². The van der Waals surface area contributed by atoms with Crippen LogP contribution >= 0.6 is 0 Å². The minimum Gasteiger partial charge on any atom is -0.493 e. The quantitative estimate of drug-likeness (QED) is 0.851. The van der Waals surface area contributed by atoms with Gasteiger partial charge in [0.2, 0.25) is 5.82 Å². The number of anilines is 1. The van der Waals surface area contributed by atoms with E-state index < -0.39 is 5.97 Å². The predicted octanol–water partition coefficient (Wildman–Crippen LogP) is 2.44. The van der Waals surface area contributed by atoms with Gasteiger partial charge in [0, 0.05) is 18.7 Å². The number of hydrogen-bond donors (Lipinski definition) is 1. The minimum atomic E-state index is -0.743. The summed E-state index contributed by atoms with van der Waals surface area (Å²) < 4.78 is 16.2. The molecule has 1 aromatic heterocycles. The molecular weight excluding hydrogens is 326 g/mol. The van der Waals surface area contributed by atoms with Gasteiger partial charge in [0.25, 0.3) is 0 Å². The number of aromatic nitrogens is 2. The van der Waals surface area contributed by atoms with Crippen LogP contribution in [0.25, 0.3) is 11.4 Å². The molecule has 0 spiro atoms. The largest absolute Gasteiger partial charge is 0.493 e. The lowest BCUT2D eigenvalue weighted by Gasteiger charge is -2.28. The zero-order valence-corrected chi connectivity index (χ0v) is 14.3. The lowest BCUT2D eigenvalue weighted by molar-refractivity contribution is -0.142. The number of piperidine rings is 1. The van der Waals surface area contributed by atoms with E-state index in [0.717, 1.165) is 5.56 Å². The summed E-state index contributed by atoms with van der Waals surface area (Å²) in [4.78, 5) is 17.4. The summed E-state index contributed by atoms with van der Waals surface area (Å²) in [6.45, 7) is 3.64. The van der Waals surface area contributed by atoms with Gasteiger partial charge in [-0.15, -0.1) is 0 Å². The number of carboxylic acid groups (broad SMARTS) is 1. The third-order valence-electron chi connectivity index (χ3n) is 4.25. The predicted molar refractivity (Wildman–Crippen MR) is 90.0 cm³/mol. The van der Waals surface area contributed by atoms with Gasteiger partial charge in [-0.05, 0) is 38.0 Å². The first-order chi connectivity index (χ1) is 12.1. The van der Waals surface area contributed by atoms with E-state index in [1.54, 1.807) is 13.2 Å². The molecule has 0 amide bonds. The molecule has 2 aromatic rings. The third kappa shape index (κ3) is 3.67. The number of hydrogen-bond acceptors (Lipinski definition) is 7. The second kappa shape index (κ2) is 7.42. The molecule has 25 heavy (non-hydrogen) atoms. The van der Waals surface area contributed by atoms with E-state index in [4.69, 9.17) is 19.1 Å². The molecule has 1 saturated heterocycles. The van der Waals surface area contributed by atoms with Crippen molar-refractivity contribution >= 4 is 12.0 Å². The second-order valence-corrected chi connectivity index (χ2v) is 5.80. The molecule has 3 rings (SSSR count). The number of rotatable bonds is 6. The molecule has 1 aromatic carbocycles. The lowest BCUT2D eigenvalue weighted by atomic mass is 9.97. The first kappa shape index (κ1) is 17.1. The molecular formula is C17H21N3O5. The van der Waals surface area contributed by atoms with Crippen LogP contribution in [0.4, 0.5) is 6.01 Å². The van der Waals surface area contributed by atoms with Crippen LogP contribution in [0.2, 0.25) is 0 Å². The van der Waals surface area contributed by atoms with Crippen LogP contribution in [-0.2, 0) is 4.79 Å². The molecule has 1 N–H and O–H groups in total. The van der Waals surface area contributed by atoms with Gasteiger partial charge in [0.1, 0.15) is 0 Å². The number of carbonyl (C=O) groups is 1. The second-order valence-electron chi connectivity index (χ2n) is 5.80. The Morgan fingerprint density at radius 2 is 2.12 bits per heavy atom. The first-order valence-electron chi connectivity index (χ1n) is 8.25. The Bertz CT molecular complexity index is 738. The molecule has 2 heterocycles. The topological polar surface area (TPSA) is 97.9 Å². The Morgan fingerprint density at radius 1 is 1.36 bits per heavy atom. The van der Waals surface area contributed by atoms with Crippen LogP contribution in [0.1, 0.15) is 19.8 Å². The van der Waals surface area contributed by atoms with Gasteiger partial charge in [0.15, 0.2) is 11.5 Å². The number of nitrogens with zero attached hydrogens (tertiary/aromatic N) is 3. The lowest BCUT2D eigenvalue weighted by Crippen LogP contribution is -2.36. The van der Waals surface area contributed by atoms with E-state index in [1.807, 2.05) is 24.0 Å². The summed E-state index contributed by atoms with van der Waals surface area (Å²) in [6.07, 6.45) is 1.15. The number of benzene rings is 1. The molecule has 0 radical (unpaired) electrons. The molecule has 8 nitrogen and oxygen atoms in total. The summed E-state index contributed by atoms with van der Waals surface area (Å²) in [6, 6.07) is 5.87. The summed E-state index contributed by atoms with van der Waals surface area (Å²) >= 11 is 0. The van der Waals surface area contributed by atoms with Crippen LogP contribution in [0.3, 0.4) is 0 Å². The molecule has 134 valence electrons. The van der Waals surface area contributed by atoms with E-state index in [0.29, 0.717) is 55.9 Å². The first-order valence-corrected chi connectivity index (χ1v) is 8.25. The van der Waals surface area contributed by atoms with Crippen LogP contribution in [0.15, 0.2) is 22.7 Å². The highest BCUT2D eigenvalue weighted by Gasteiger charge is 2.27. The van der Waals surface area contributed by atoms with Crippen molar-refractivity contribution in [2.24, 2.45) is 5.92 Å². The average Bonchev–Trinajstić information content (AvgIpc) is 3.12. The van der Waals surface area contributed by atoms with Crippen LogP contribution < -0.4 is 14.4 Å². The fraction of sp³-hybridized carbons (Fsp3) is 0.471. The van der Waals surface area contributed by atoms with Crippen LogP contribution in [0.5, 0.6) is 11.5 Å². The monoisotopic (exact) mass is 347 g/mol. The van der Waals surface area contributed by atoms with Crippen LogP contribution in [0, 0.1) is 5.92 Å². The number of carboxylic acids is 1. The van der Waals surface area contributed by atoms with Crippen molar-refractivity contribution in [2.45, 2.75) is 19.8 Å². The van der Waals surface area contributed by atoms with Gasteiger partial charge in [0.05, 0.1) is 19.6 Å². The van der Waals surface area contributed by atoms with E-state index in [2.05, 4.69) is 10.1 Å². The van der Waals surface area contributed by atoms with E-state index in [1.165, 1.54) is 0 Å². The highest BCUT2D eigenvalue weighted by molar-refractivity contribution is 5.70. The number of aliphatic carboxylic acids is 1. The van der Waals surface area contributed by atoms with Gasteiger partial charge in [-0.1, -0.05) is 5.16 Å². The fourth-order valence-electron chi connectivity index (χ4n) is 2.86. The summed E-state index contributed by atoms with van der Waals surface area (Å²) in [7, 11) is 1.58. The Hall–Kier alpha value is -2.77. The number of ether oxygens (including phenoxy) is 2. The van der Waals surface area contributed by atoms with Crippen molar-refractivity contribution in [3.63, 3.8) is 0 Å². The van der Waals surface area contributed by atoms with Crippen molar-refractivity contribution < 1.29 is 23.9 Å². The summed E-state index contributed by atoms with van der Waals surface area (Å²) in [5.74, 6) is 0.680. The van der Waals surface area contributed by atoms with E-state index in [9.17, 15) is 4.79 Å². The van der Waals surface area contributed by atoms with E-state index >= 15 is 0 Å². The molecule has 1 fully saturated rings.